The van der Waals surface area contributed by atoms with Crippen LogP contribution in [0.1, 0.15) is 103 Å². The Hall–Kier alpha value is -1.82. The van der Waals surface area contributed by atoms with Gasteiger partial charge in [0.25, 0.3) is 5.09 Å². The molecule has 1 aliphatic heterocycles. The predicted molar refractivity (Wildman–Crippen MR) is 121 cm³/mol. The second-order valence-electron chi connectivity index (χ2n) is 10.7. The van der Waals surface area contributed by atoms with Crippen LogP contribution in [0.4, 0.5) is 0 Å². The fourth-order valence-electron chi connectivity index (χ4n) is 5.50. The van der Waals surface area contributed by atoms with Gasteiger partial charge >= 0.3 is 0 Å². The van der Waals surface area contributed by atoms with E-state index in [1.807, 2.05) is 13.8 Å². The first kappa shape index (κ1) is 23.8. The smallest absolute Gasteiger partial charge is 0.294 e. The summed E-state index contributed by atoms with van der Waals surface area (Å²) in [7, 11) is 0. The average Bonchev–Trinajstić information content (AvgIpc) is 2.69. The van der Waals surface area contributed by atoms with Gasteiger partial charge in [-0.15, -0.1) is 10.1 Å². The van der Waals surface area contributed by atoms with E-state index in [0.29, 0.717) is 19.3 Å². The molecule has 0 saturated heterocycles. The molecule has 3 rings (SSSR count). The molecular weight excluding hydrogens is 394 g/mol. The number of aliphatic hydroxyl groups is 1. The normalized spacial score (nSPS) is 27.0. The topological polar surface area (TPSA) is 81.8 Å². The van der Waals surface area contributed by atoms with Gasteiger partial charge in [0.15, 0.2) is 0 Å². The zero-order chi connectivity index (χ0) is 22.9. The molecule has 1 aliphatic carbocycles. The van der Waals surface area contributed by atoms with Gasteiger partial charge in [0, 0.05) is 11.5 Å². The molecule has 1 aromatic rings. The maximum atomic E-state index is 11.7. The molecule has 6 nitrogen and oxygen atoms in total. The van der Waals surface area contributed by atoms with E-state index in [0.717, 1.165) is 17.7 Å². The molecule has 3 atom stereocenters. The van der Waals surface area contributed by atoms with Crippen LogP contribution in [-0.4, -0.2) is 28.0 Å². The summed E-state index contributed by atoms with van der Waals surface area (Å²) in [5.74, 6) is 0.767. The van der Waals surface area contributed by atoms with Crippen LogP contribution in [0.15, 0.2) is 18.2 Å². The van der Waals surface area contributed by atoms with E-state index < -0.39 is 16.3 Å². The van der Waals surface area contributed by atoms with Crippen LogP contribution in [0, 0.1) is 16.0 Å². The highest BCUT2D eigenvalue weighted by atomic mass is 16.9. The minimum Gasteiger partial charge on any atom is -0.485 e. The van der Waals surface area contributed by atoms with Crippen molar-refractivity contribution >= 4 is 0 Å². The molecular formula is C25H39NO5. The molecule has 0 bridgehead atoms. The van der Waals surface area contributed by atoms with Crippen molar-refractivity contribution < 1.29 is 19.8 Å². The van der Waals surface area contributed by atoms with Gasteiger partial charge in [-0.05, 0) is 62.5 Å². The van der Waals surface area contributed by atoms with E-state index in [9.17, 15) is 15.2 Å². The lowest BCUT2D eigenvalue weighted by Crippen LogP contribution is -2.62. The Balaban J connectivity index is 1.85. The Bertz CT molecular complexity index is 790. The van der Waals surface area contributed by atoms with Gasteiger partial charge < -0.3 is 14.7 Å². The Kier molecular flexibility index (Phi) is 6.90. The van der Waals surface area contributed by atoms with Crippen molar-refractivity contribution in [1.29, 1.82) is 0 Å². The van der Waals surface area contributed by atoms with Crippen molar-refractivity contribution in [3.8, 4) is 5.75 Å². The van der Waals surface area contributed by atoms with E-state index in [4.69, 9.17) is 4.74 Å². The van der Waals surface area contributed by atoms with Gasteiger partial charge in [-0.2, -0.15) is 0 Å². The molecule has 31 heavy (non-hydrogen) atoms. The first-order valence-corrected chi connectivity index (χ1v) is 11.8. The number of benzene rings is 1. The summed E-state index contributed by atoms with van der Waals surface area (Å²) in [5, 5.41) is 21.6. The van der Waals surface area contributed by atoms with E-state index in [1.54, 1.807) is 0 Å². The molecule has 0 spiro atoms. The second-order valence-corrected chi connectivity index (χ2v) is 10.7. The molecule has 1 fully saturated rings. The number of hydrogen-bond donors (Lipinski definition) is 1. The lowest BCUT2D eigenvalue weighted by molar-refractivity contribution is -0.759. The van der Waals surface area contributed by atoms with Crippen LogP contribution in [0.5, 0.6) is 5.75 Å². The number of hydrogen-bond acceptors (Lipinski definition) is 5. The Morgan fingerprint density at radius 2 is 2.03 bits per heavy atom. The van der Waals surface area contributed by atoms with Crippen LogP contribution in [-0.2, 0) is 10.3 Å². The first-order valence-electron chi connectivity index (χ1n) is 11.8. The SMILES string of the molecule is CCCCCCC(C)(C)c1ccc2c(c1)OC(C)(C)[C@@]1(O)CC[C@@H](CO[N+](=O)[O-])C[C@H]21. The fourth-order valence-corrected chi connectivity index (χ4v) is 5.50. The van der Waals surface area contributed by atoms with Crippen molar-refractivity contribution in [2.75, 3.05) is 6.61 Å². The summed E-state index contributed by atoms with van der Waals surface area (Å²) in [6, 6.07) is 6.45. The van der Waals surface area contributed by atoms with Gasteiger partial charge in [-0.1, -0.05) is 58.6 Å². The zero-order valence-corrected chi connectivity index (χ0v) is 19.8. The van der Waals surface area contributed by atoms with Crippen molar-refractivity contribution in [2.24, 2.45) is 5.92 Å². The fraction of sp³-hybridized carbons (Fsp3) is 0.760. The number of rotatable bonds is 9. The second kappa shape index (κ2) is 8.97. The minimum atomic E-state index is -0.998. The van der Waals surface area contributed by atoms with Crippen LogP contribution in [0.3, 0.4) is 0 Å². The van der Waals surface area contributed by atoms with Crippen molar-refractivity contribution in [3.05, 3.63) is 39.4 Å². The summed E-state index contributed by atoms with van der Waals surface area (Å²) in [6.45, 7) is 10.8. The van der Waals surface area contributed by atoms with Crippen LogP contribution in [0.25, 0.3) is 0 Å². The summed E-state index contributed by atoms with van der Waals surface area (Å²) >= 11 is 0. The standard InChI is InChI=1S/C25H39NO5/c1-6-7-8-9-13-23(2,3)19-10-11-20-21-15-18(17-30-26(28)29)12-14-25(21,27)24(4,5)31-22(20)16-19/h10-11,16,18,21,27H,6-9,12-15,17H2,1-5H3/t18-,21-,25-/m1/s1. The maximum Gasteiger partial charge on any atom is 0.294 e. The summed E-state index contributed by atoms with van der Waals surface area (Å²) in [6.07, 6.45) is 8.00. The maximum absolute atomic E-state index is 11.7. The molecule has 1 saturated carbocycles. The summed E-state index contributed by atoms with van der Waals surface area (Å²) in [4.78, 5) is 15.3. The summed E-state index contributed by atoms with van der Waals surface area (Å²) in [5.41, 5.74) is 0.594. The molecule has 1 N–H and O–H groups in total. The average molecular weight is 434 g/mol. The quantitative estimate of drug-likeness (QED) is 0.296. The third kappa shape index (κ3) is 4.84. The van der Waals surface area contributed by atoms with Crippen molar-refractivity contribution in [2.45, 2.75) is 109 Å². The number of nitrogens with zero attached hydrogens (tertiary/aromatic N) is 1. The van der Waals surface area contributed by atoms with Gasteiger partial charge in [0.2, 0.25) is 0 Å². The molecule has 0 amide bonds. The highest BCUT2D eigenvalue weighted by Gasteiger charge is 2.57. The molecule has 0 radical (unpaired) electrons. The van der Waals surface area contributed by atoms with Crippen LogP contribution >= 0.6 is 0 Å². The first-order chi connectivity index (χ1) is 14.5. The molecule has 0 unspecified atom stereocenters. The number of fused-ring (bicyclic) bond motifs is 3. The van der Waals surface area contributed by atoms with E-state index in [1.165, 1.54) is 31.2 Å². The molecule has 6 heteroatoms. The molecule has 1 aromatic carbocycles. The predicted octanol–water partition coefficient (Wildman–Crippen LogP) is 5.93. The summed E-state index contributed by atoms with van der Waals surface area (Å²) < 4.78 is 6.41. The van der Waals surface area contributed by atoms with Gasteiger partial charge in [-0.25, -0.2) is 0 Å². The van der Waals surface area contributed by atoms with Gasteiger partial charge in [0.1, 0.15) is 17.0 Å². The Morgan fingerprint density at radius 3 is 2.71 bits per heavy atom. The lowest BCUT2D eigenvalue weighted by atomic mass is 9.60. The van der Waals surface area contributed by atoms with E-state index >= 15 is 0 Å². The minimum absolute atomic E-state index is 0.0482. The Labute approximate surface area is 186 Å². The molecule has 1 heterocycles. The van der Waals surface area contributed by atoms with Crippen LogP contribution < -0.4 is 4.74 Å². The van der Waals surface area contributed by atoms with Crippen LogP contribution in [0.2, 0.25) is 0 Å². The number of ether oxygens (including phenoxy) is 1. The highest BCUT2D eigenvalue weighted by molar-refractivity contribution is 5.47. The Morgan fingerprint density at radius 1 is 1.29 bits per heavy atom. The monoisotopic (exact) mass is 433 g/mol. The molecule has 0 aromatic heterocycles. The third-order valence-electron chi connectivity index (χ3n) is 7.73. The molecule has 2 aliphatic rings. The third-order valence-corrected chi connectivity index (χ3v) is 7.73. The molecule has 174 valence electrons. The zero-order valence-electron chi connectivity index (χ0n) is 19.8. The van der Waals surface area contributed by atoms with E-state index in [2.05, 4.69) is 43.8 Å². The van der Waals surface area contributed by atoms with Crippen molar-refractivity contribution in [1.82, 2.24) is 0 Å². The largest absolute Gasteiger partial charge is 0.485 e. The number of unbranched alkanes of at least 4 members (excludes halogenated alkanes) is 3. The van der Waals surface area contributed by atoms with Gasteiger partial charge in [0.05, 0.1) is 6.61 Å². The lowest BCUT2D eigenvalue weighted by Gasteiger charge is -2.55. The van der Waals surface area contributed by atoms with E-state index in [-0.39, 0.29) is 23.9 Å². The van der Waals surface area contributed by atoms with Gasteiger partial charge in [-0.3, -0.25) is 0 Å². The highest BCUT2D eigenvalue weighted by Crippen LogP contribution is 2.55. The van der Waals surface area contributed by atoms with Crippen molar-refractivity contribution in [3.63, 3.8) is 0 Å².